The minimum absolute atomic E-state index is 0.0333. The first-order chi connectivity index (χ1) is 10.0. The summed E-state index contributed by atoms with van der Waals surface area (Å²) in [4.78, 5) is 0. The average molecular weight is 308 g/mol. The normalized spacial score (nSPS) is 19.6. The molecule has 21 heavy (non-hydrogen) atoms. The summed E-state index contributed by atoms with van der Waals surface area (Å²) in [6, 6.07) is 6.83. The fourth-order valence-corrected chi connectivity index (χ4v) is 3.90. The molecule has 5 nitrogen and oxygen atoms in total. The number of nitrogens with zero attached hydrogens (tertiary/aromatic N) is 1. The zero-order chi connectivity index (χ0) is 15.3. The summed E-state index contributed by atoms with van der Waals surface area (Å²) in [5.74, 6) is 5.32. The molecule has 2 N–H and O–H groups in total. The molecule has 1 aromatic carbocycles. The van der Waals surface area contributed by atoms with E-state index in [4.69, 9.17) is 5.11 Å². The summed E-state index contributed by atoms with van der Waals surface area (Å²) in [7, 11) is -3.51. The van der Waals surface area contributed by atoms with E-state index in [1.54, 1.807) is 24.3 Å². The number of aliphatic hydroxyl groups excluding tert-OH is 1. The molecule has 1 atom stereocenters. The molecule has 1 aliphatic rings. The minimum atomic E-state index is -3.51. The maximum Gasteiger partial charge on any atom is 0.301 e. The molecule has 114 valence electrons. The maximum absolute atomic E-state index is 12.4. The van der Waals surface area contributed by atoms with Crippen LogP contribution in [0.3, 0.4) is 0 Å². The van der Waals surface area contributed by atoms with Crippen LogP contribution in [0.4, 0.5) is 5.69 Å². The van der Waals surface area contributed by atoms with Crippen molar-refractivity contribution in [1.82, 2.24) is 4.31 Å². The van der Waals surface area contributed by atoms with E-state index in [-0.39, 0.29) is 12.6 Å². The van der Waals surface area contributed by atoms with Gasteiger partial charge in [-0.15, -0.1) is 0 Å². The Morgan fingerprint density at radius 3 is 2.67 bits per heavy atom. The first-order valence-electron chi connectivity index (χ1n) is 7.02. The molecular formula is C15H20N2O3S. The molecule has 0 amide bonds. The summed E-state index contributed by atoms with van der Waals surface area (Å²) >= 11 is 0. The zero-order valence-electron chi connectivity index (χ0n) is 12.0. The first-order valence-corrected chi connectivity index (χ1v) is 8.46. The van der Waals surface area contributed by atoms with Gasteiger partial charge in [0, 0.05) is 23.8 Å². The van der Waals surface area contributed by atoms with Crippen molar-refractivity contribution < 1.29 is 13.5 Å². The summed E-state index contributed by atoms with van der Waals surface area (Å²) in [6.45, 7) is 2.31. The number of anilines is 1. The van der Waals surface area contributed by atoms with Gasteiger partial charge in [-0.25, -0.2) is 0 Å². The number of aliphatic hydroxyl groups is 1. The van der Waals surface area contributed by atoms with Gasteiger partial charge in [-0.1, -0.05) is 18.3 Å². The molecule has 0 radical (unpaired) electrons. The highest BCUT2D eigenvalue weighted by molar-refractivity contribution is 7.90. The maximum atomic E-state index is 12.4. The van der Waals surface area contributed by atoms with E-state index in [1.807, 2.05) is 6.92 Å². The van der Waals surface area contributed by atoms with Crippen LogP contribution in [0.15, 0.2) is 24.3 Å². The van der Waals surface area contributed by atoms with Crippen molar-refractivity contribution in [2.24, 2.45) is 0 Å². The predicted octanol–water partition coefficient (Wildman–Crippen LogP) is 1.56. The third kappa shape index (κ3) is 4.21. The quantitative estimate of drug-likeness (QED) is 0.833. The van der Waals surface area contributed by atoms with Crippen LogP contribution in [0, 0.1) is 11.8 Å². The summed E-state index contributed by atoms with van der Waals surface area (Å²) < 4.78 is 28.9. The van der Waals surface area contributed by atoms with Crippen molar-refractivity contribution in [3.63, 3.8) is 0 Å². The van der Waals surface area contributed by atoms with Crippen LogP contribution < -0.4 is 4.72 Å². The van der Waals surface area contributed by atoms with E-state index in [0.29, 0.717) is 12.2 Å². The van der Waals surface area contributed by atoms with Crippen LogP contribution in [-0.2, 0) is 10.2 Å². The Morgan fingerprint density at radius 2 is 2.05 bits per heavy atom. The Hall–Kier alpha value is -1.55. The highest BCUT2D eigenvalue weighted by atomic mass is 32.2. The van der Waals surface area contributed by atoms with Gasteiger partial charge < -0.3 is 5.11 Å². The van der Waals surface area contributed by atoms with Crippen molar-refractivity contribution in [2.45, 2.75) is 32.2 Å². The Balaban J connectivity index is 2.09. The molecule has 0 aliphatic carbocycles. The smallest absolute Gasteiger partial charge is 0.301 e. The molecule has 2 rings (SSSR count). The van der Waals surface area contributed by atoms with Crippen molar-refractivity contribution in [3.8, 4) is 11.8 Å². The van der Waals surface area contributed by atoms with Crippen LogP contribution in [-0.4, -0.2) is 37.0 Å². The third-order valence-corrected chi connectivity index (χ3v) is 5.15. The molecule has 1 fully saturated rings. The number of rotatable bonds is 3. The Labute approximate surface area is 126 Å². The van der Waals surface area contributed by atoms with E-state index < -0.39 is 10.2 Å². The molecule has 0 aromatic heterocycles. The lowest BCUT2D eigenvalue weighted by molar-refractivity contribution is 0.270. The molecular weight excluding hydrogens is 288 g/mol. The lowest BCUT2D eigenvalue weighted by Crippen LogP contribution is -2.44. The Kier molecular flexibility index (Phi) is 5.23. The van der Waals surface area contributed by atoms with Crippen molar-refractivity contribution >= 4 is 15.9 Å². The van der Waals surface area contributed by atoms with Gasteiger partial charge in [0.25, 0.3) is 0 Å². The topological polar surface area (TPSA) is 69.6 Å². The third-order valence-electron chi connectivity index (χ3n) is 3.49. The zero-order valence-corrected chi connectivity index (χ0v) is 12.9. The van der Waals surface area contributed by atoms with Gasteiger partial charge in [0.15, 0.2) is 0 Å². The van der Waals surface area contributed by atoms with Crippen LogP contribution in [0.5, 0.6) is 0 Å². The van der Waals surface area contributed by atoms with Gasteiger partial charge in [0.1, 0.15) is 6.61 Å². The van der Waals surface area contributed by atoms with E-state index in [1.165, 1.54) is 4.31 Å². The Bertz CT molecular complexity index is 629. The molecule has 0 spiro atoms. The second kappa shape index (κ2) is 6.94. The fourth-order valence-electron chi connectivity index (χ4n) is 2.40. The molecule has 1 unspecified atom stereocenters. The van der Waals surface area contributed by atoms with E-state index in [2.05, 4.69) is 16.6 Å². The lowest BCUT2D eigenvalue weighted by atomic mass is 10.1. The largest absolute Gasteiger partial charge is 0.384 e. The predicted molar refractivity (Wildman–Crippen MR) is 83.0 cm³/mol. The number of piperidine rings is 1. The summed E-state index contributed by atoms with van der Waals surface area (Å²) in [5.41, 5.74) is 1.25. The highest BCUT2D eigenvalue weighted by Gasteiger charge is 2.29. The van der Waals surface area contributed by atoms with E-state index >= 15 is 0 Å². The molecule has 6 heteroatoms. The fraction of sp³-hybridized carbons (Fsp3) is 0.467. The van der Waals surface area contributed by atoms with Crippen molar-refractivity contribution in [2.75, 3.05) is 17.9 Å². The molecule has 1 heterocycles. The van der Waals surface area contributed by atoms with E-state index in [0.717, 1.165) is 24.8 Å². The van der Waals surface area contributed by atoms with E-state index in [9.17, 15) is 8.42 Å². The van der Waals surface area contributed by atoms with Crippen molar-refractivity contribution in [3.05, 3.63) is 29.8 Å². The van der Waals surface area contributed by atoms with Crippen LogP contribution in [0.1, 0.15) is 31.7 Å². The van der Waals surface area contributed by atoms with Gasteiger partial charge in [-0.2, -0.15) is 12.7 Å². The highest BCUT2D eigenvalue weighted by Crippen LogP contribution is 2.21. The van der Waals surface area contributed by atoms with Crippen molar-refractivity contribution in [1.29, 1.82) is 0 Å². The molecule has 1 aromatic rings. The average Bonchev–Trinajstić information content (AvgIpc) is 2.46. The second-order valence-electron chi connectivity index (χ2n) is 5.10. The van der Waals surface area contributed by atoms with Gasteiger partial charge in [0.2, 0.25) is 0 Å². The second-order valence-corrected chi connectivity index (χ2v) is 6.72. The standard InChI is InChI=1S/C15H20N2O3S/c1-13-5-2-3-11-17(13)21(19,20)16-15-9-7-14(8-10-15)6-4-12-18/h7-10,13,16,18H,2-3,5,11-12H2,1H3. The van der Waals surface area contributed by atoms with Gasteiger partial charge in [-0.05, 0) is 44.0 Å². The summed E-state index contributed by atoms with van der Waals surface area (Å²) in [6.07, 6.45) is 2.88. The lowest BCUT2D eigenvalue weighted by Gasteiger charge is -2.32. The van der Waals surface area contributed by atoms with Crippen LogP contribution in [0.25, 0.3) is 0 Å². The van der Waals surface area contributed by atoms with Gasteiger partial charge in [-0.3, -0.25) is 4.72 Å². The monoisotopic (exact) mass is 308 g/mol. The molecule has 0 saturated carbocycles. The number of nitrogens with one attached hydrogen (secondary N) is 1. The molecule has 0 bridgehead atoms. The van der Waals surface area contributed by atoms with Gasteiger partial charge >= 0.3 is 10.2 Å². The summed E-state index contributed by atoms with van der Waals surface area (Å²) in [5, 5.41) is 8.63. The van der Waals surface area contributed by atoms with Crippen LogP contribution in [0.2, 0.25) is 0 Å². The molecule has 1 saturated heterocycles. The number of hydrogen-bond donors (Lipinski definition) is 2. The Morgan fingerprint density at radius 1 is 1.33 bits per heavy atom. The van der Waals surface area contributed by atoms with Gasteiger partial charge in [0.05, 0.1) is 0 Å². The number of hydrogen-bond acceptors (Lipinski definition) is 3. The minimum Gasteiger partial charge on any atom is -0.384 e. The SMILES string of the molecule is CC1CCCCN1S(=O)(=O)Nc1ccc(C#CCO)cc1. The van der Waals surface area contributed by atoms with Crippen LogP contribution >= 0.6 is 0 Å². The number of benzene rings is 1. The molecule has 1 aliphatic heterocycles. The first kappa shape index (κ1) is 15.8.